The fourth-order valence-corrected chi connectivity index (χ4v) is 0.877. The average molecular weight is 194 g/mol. The molecule has 1 amide bonds. The van der Waals surface area contributed by atoms with E-state index in [9.17, 15) is 4.79 Å². The van der Waals surface area contributed by atoms with Crippen molar-refractivity contribution in [2.45, 2.75) is 19.9 Å². The summed E-state index contributed by atoms with van der Waals surface area (Å²) in [7, 11) is 0. The van der Waals surface area contributed by atoms with Crippen LogP contribution in [0.15, 0.2) is 18.6 Å². The number of carbonyl (C=O) groups is 1. The van der Waals surface area contributed by atoms with E-state index in [1.807, 2.05) is 13.8 Å². The van der Waals surface area contributed by atoms with Crippen LogP contribution in [0.4, 0.5) is 5.82 Å². The molecule has 0 aliphatic carbocycles. The van der Waals surface area contributed by atoms with Gasteiger partial charge in [-0.2, -0.15) is 0 Å². The Bertz CT molecular complexity index is 299. The van der Waals surface area contributed by atoms with Gasteiger partial charge in [-0.25, -0.2) is 9.97 Å². The fraction of sp³-hybridized carbons (Fsp3) is 0.444. The second kappa shape index (κ2) is 4.66. The minimum absolute atomic E-state index is 0.108. The Kier molecular flexibility index (Phi) is 3.53. The van der Waals surface area contributed by atoms with Crippen molar-refractivity contribution in [3.63, 3.8) is 0 Å². The lowest BCUT2D eigenvalue weighted by atomic mass is 10.1. The molecule has 1 aromatic heterocycles. The van der Waals surface area contributed by atoms with E-state index >= 15 is 0 Å². The largest absolute Gasteiger partial charge is 0.320 e. The molecule has 0 aliphatic rings. The zero-order valence-corrected chi connectivity index (χ0v) is 8.27. The van der Waals surface area contributed by atoms with Crippen LogP contribution in [0.5, 0.6) is 0 Å². The van der Waals surface area contributed by atoms with Gasteiger partial charge in [0.15, 0.2) is 0 Å². The molecule has 0 radical (unpaired) electrons. The van der Waals surface area contributed by atoms with Crippen LogP contribution in [0.2, 0.25) is 0 Å². The quantitative estimate of drug-likeness (QED) is 0.729. The number of hydrogen-bond donors (Lipinski definition) is 2. The van der Waals surface area contributed by atoms with Gasteiger partial charge >= 0.3 is 0 Å². The van der Waals surface area contributed by atoms with E-state index in [2.05, 4.69) is 15.3 Å². The first-order chi connectivity index (χ1) is 6.61. The van der Waals surface area contributed by atoms with E-state index in [-0.39, 0.29) is 11.8 Å². The van der Waals surface area contributed by atoms with Crippen molar-refractivity contribution in [3.8, 4) is 0 Å². The lowest BCUT2D eigenvalue weighted by Gasteiger charge is -2.14. The standard InChI is InChI=1S/C9H14N4O/c1-6(2)8(10)9(14)13-7-3-4-11-5-12-7/h3-6,8H,10H2,1-2H3,(H,11,12,13,14)/t8-/m0/s1. The molecule has 1 atom stereocenters. The van der Waals surface area contributed by atoms with Crippen molar-refractivity contribution < 1.29 is 4.79 Å². The van der Waals surface area contributed by atoms with Gasteiger partial charge in [0.2, 0.25) is 5.91 Å². The minimum atomic E-state index is -0.509. The Morgan fingerprint density at radius 2 is 2.29 bits per heavy atom. The Labute approximate surface area is 82.7 Å². The lowest BCUT2D eigenvalue weighted by molar-refractivity contribution is -0.118. The van der Waals surface area contributed by atoms with Crippen LogP contribution in [0, 0.1) is 5.92 Å². The molecule has 0 aromatic carbocycles. The molecule has 1 heterocycles. The van der Waals surface area contributed by atoms with Crippen LogP contribution >= 0.6 is 0 Å². The van der Waals surface area contributed by atoms with Gasteiger partial charge in [0.1, 0.15) is 12.1 Å². The highest BCUT2D eigenvalue weighted by atomic mass is 16.2. The third-order valence-corrected chi connectivity index (χ3v) is 1.85. The number of anilines is 1. The topological polar surface area (TPSA) is 80.9 Å². The zero-order chi connectivity index (χ0) is 10.6. The van der Waals surface area contributed by atoms with Gasteiger partial charge in [-0.1, -0.05) is 13.8 Å². The maximum Gasteiger partial charge on any atom is 0.242 e. The van der Waals surface area contributed by atoms with Crippen molar-refractivity contribution in [2.24, 2.45) is 11.7 Å². The highest BCUT2D eigenvalue weighted by molar-refractivity contribution is 5.93. The molecule has 0 bridgehead atoms. The third-order valence-electron chi connectivity index (χ3n) is 1.85. The summed E-state index contributed by atoms with van der Waals surface area (Å²) in [5.74, 6) is 0.358. The summed E-state index contributed by atoms with van der Waals surface area (Å²) in [5.41, 5.74) is 5.65. The number of hydrogen-bond acceptors (Lipinski definition) is 4. The molecule has 14 heavy (non-hydrogen) atoms. The first-order valence-electron chi connectivity index (χ1n) is 4.43. The average Bonchev–Trinajstić information content (AvgIpc) is 2.18. The molecule has 0 saturated carbocycles. The molecule has 1 rings (SSSR count). The summed E-state index contributed by atoms with van der Waals surface area (Å²) in [6, 6.07) is 1.11. The van der Waals surface area contributed by atoms with Gasteiger partial charge in [0.25, 0.3) is 0 Å². The molecule has 76 valence electrons. The zero-order valence-electron chi connectivity index (χ0n) is 8.27. The Balaban J connectivity index is 2.58. The summed E-state index contributed by atoms with van der Waals surface area (Å²) >= 11 is 0. The molecule has 5 nitrogen and oxygen atoms in total. The van der Waals surface area contributed by atoms with Gasteiger partial charge in [-0.3, -0.25) is 4.79 Å². The van der Waals surface area contributed by atoms with Crippen molar-refractivity contribution in [1.82, 2.24) is 9.97 Å². The summed E-state index contributed by atoms with van der Waals surface area (Å²) < 4.78 is 0. The number of nitrogens with one attached hydrogen (secondary N) is 1. The van der Waals surface area contributed by atoms with E-state index in [4.69, 9.17) is 5.73 Å². The smallest absolute Gasteiger partial charge is 0.242 e. The van der Waals surface area contributed by atoms with Crippen molar-refractivity contribution in [2.75, 3.05) is 5.32 Å². The van der Waals surface area contributed by atoms with E-state index < -0.39 is 6.04 Å². The molecular weight excluding hydrogens is 180 g/mol. The second-order valence-corrected chi connectivity index (χ2v) is 3.35. The van der Waals surface area contributed by atoms with E-state index in [1.54, 1.807) is 12.3 Å². The second-order valence-electron chi connectivity index (χ2n) is 3.35. The number of rotatable bonds is 3. The van der Waals surface area contributed by atoms with Crippen molar-refractivity contribution >= 4 is 11.7 Å². The summed E-state index contributed by atoms with van der Waals surface area (Å²) in [4.78, 5) is 19.1. The van der Waals surface area contributed by atoms with Crippen LogP contribution in [0.1, 0.15) is 13.8 Å². The van der Waals surface area contributed by atoms with Crippen LogP contribution in [0.3, 0.4) is 0 Å². The molecule has 0 fully saturated rings. The van der Waals surface area contributed by atoms with Crippen LogP contribution in [-0.4, -0.2) is 21.9 Å². The van der Waals surface area contributed by atoms with Crippen LogP contribution in [-0.2, 0) is 4.79 Å². The monoisotopic (exact) mass is 194 g/mol. The molecule has 0 aliphatic heterocycles. The van der Waals surface area contributed by atoms with Crippen molar-refractivity contribution in [3.05, 3.63) is 18.6 Å². The van der Waals surface area contributed by atoms with E-state index in [0.717, 1.165) is 0 Å². The lowest BCUT2D eigenvalue weighted by Crippen LogP contribution is -2.39. The number of aromatic nitrogens is 2. The van der Waals surface area contributed by atoms with Crippen LogP contribution in [0.25, 0.3) is 0 Å². The Morgan fingerprint density at radius 1 is 1.57 bits per heavy atom. The van der Waals surface area contributed by atoms with Crippen LogP contribution < -0.4 is 11.1 Å². The van der Waals surface area contributed by atoms with Gasteiger partial charge in [0, 0.05) is 6.20 Å². The van der Waals surface area contributed by atoms with Gasteiger partial charge in [-0.05, 0) is 12.0 Å². The fourth-order valence-electron chi connectivity index (χ4n) is 0.877. The number of nitrogens with zero attached hydrogens (tertiary/aromatic N) is 2. The maximum atomic E-state index is 11.5. The van der Waals surface area contributed by atoms with E-state index in [1.165, 1.54) is 6.33 Å². The number of amides is 1. The van der Waals surface area contributed by atoms with Gasteiger partial charge < -0.3 is 11.1 Å². The highest BCUT2D eigenvalue weighted by Gasteiger charge is 2.17. The molecule has 0 unspecified atom stereocenters. The molecule has 0 saturated heterocycles. The molecule has 5 heteroatoms. The maximum absolute atomic E-state index is 11.5. The minimum Gasteiger partial charge on any atom is -0.320 e. The normalized spacial score (nSPS) is 12.6. The summed E-state index contributed by atoms with van der Waals surface area (Å²) in [6.07, 6.45) is 2.93. The number of carbonyl (C=O) groups excluding carboxylic acids is 1. The third kappa shape index (κ3) is 2.77. The van der Waals surface area contributed by atoms with Gasteiger partial charge in [-0.15, -0.1) is 0 Å². The molecular formula is C9H14N4O. The predicted molar refractivity (Wildman–Crippen MR) is 53.5 cm³/mol. The van der Waals surface area contributed by atoms with Gasteiger partial charge in [0.05, 0.1) is 6.04 Å². The predicted octanol–water partition coefficient (Wildman–Crippen LogP) is 0.398. The molecule has 1 aromatic rings. The first kappa shape index (κ1) is 10.6. The molecule has 0 spiro atoms. The Hall–Kier alpha value is -1.49. The Morgan fingerprint density at radius 3 is 2.79 bits per heavy atom. The summed E-state index contributed by atoms with van der Waals surface area (Å²) in [5, 5.41) is 2.61. The number of nitrogens with two attached hydrogens (primary N) is 1. The highest BCUT2D eigenvalue weighted by Crippen LogP contribution is 2.03. The van der Waals surface area contributed by atoms with Crippen molar-refractivity contribution in [1.29, 1.82) is 0 Å². The first-order valence-corrected chi connectivity index (χ1v) is 4.43. The summed E-state index contributed by atoms with van der Waals surface area (Å²) in [6.45, 7) is 3.79. The SMILES string of the molecule is CC(C)[C@H](N)C(=O)Nc1ccncn1. The molecule has 3 N–H and O–H groups in total. The van der Waals surface area contributed by atoms with E-state index in [0.29, 0.717) is 5.82 Å².